The molecule has 69 heavy (non-hydrogen) atoms. The van der Waals surface area contributed by atoms with Crippen molar-refractivity contribution >= 4 is 17.9 Å². The van der Waals surface area contributed by atoms with E-state index in [1.807, 2.05) is 0 Å². The molecule has 0 spiro atoms. The van der Waals surface area contributed by atoms with Gasteiger partial charge in [-0.2, -0.15) is 0 Å². The number of carbonyl (C=O) groups excluding carboxylic acids is 3. The minimum absolute atomic E-state index is 0.0884. The van der Waals surface area contributed by atoms with Gasteiger partial charge in [-0.25, -0.2) is 0 Å². The van der Waals surface area contributed by atoms with E-state index in [0.29, 0.717) is 19.3 Å². The van der Waals surface area contributed by atoms with Gasteiger partial charge in [0.1, 0.15) is 13.2 Å². The number of unbranched alkanes of at least 4 members (excludes halogenated alkanes) is 33. The predicted octanol–water partition coefficient (Wildman–Crippen LogP) is 20.0. The van der Waals surface area contributed by atoms with Gasteiger partial charge in [0.2, 0.25) is 0 Å². The minimum atomic E-state index is -0.793. The Morgan fingerprint density at radius 2 is 0.594 bits per heavy atom. The molecule has 1 unspecified atom stereocenters. The van der Waals surface area contributed by atoms with E-state index in [0.717, 1.165) is 116 Å². The molecule has 6 nitrogen and oxygen atoms in total. The number of allylic oxidation sites excluding steroid dienone is 10. The fourth-order valence-electron chi connectivity index (χ4n) is 8.56. The summed E-state index contributed by atoms with van der Waals surface area (Å²) in [7, 11) is 0. The van der Waals surface area contributed by atoms with Gasteiger partial charge in [0, 0.05) is 19.3 Å². The van der Waals surface area contributed by atoms with E-state index >= 15 is 0 Å². The van der Waals surface area contributed by atoms with Gasteiger partial charge in [0.25, 0.3) is 0 Å². The van der Waals surface area contributed by atoms with Crippen molar-refractivity contribution in [1.82, 2.24) is 0 Å². The lowest BCUT2D eigenvalue weighted by Crippen LogP contribution is -2.30. The zero-order valence-electron chi connectivity index (χ0n) is 45.8. The Hall–Kier alpha value is -2.89. The molecule has 0 saturated carbocycles. The van der Waals surface area contributed by atoms with Gasteiger partial charge in [0.15, 0.2) is 6.10 Å². The summed E-state index contributed by atoms with van der Waals surface area (Å²) in [5, 5.41) is 0. The zero-order chi connectivity index (χ0) is 50.0. The summed E-state index contributed by atoms with van der Waals surface area (Å²) >= 11 is 0. The molecule has 0 rings (SSSR count). The lowest BCUT2D eigenvalue weighted by atomic mass is 10.0. The zero-order valence-corrected chi connectivity index (χ0v) is 45.8. The van der Waals surface area contributed by atoms with E-state index in [1.54, 1.807) is 0 Å². The third-order valence-electron chi connectivity index (χ3n) is 13.0. The average molecular weight is 966 g/mol. The van der Waals surface area contributed by atoms with Gasteiger partial charge >= 0.3 is 17.9 Å². The number of hydrogen-bond donors (Lipinski definition) is 0. The molecule has 0 amide bonds. The van der Waals surface area contributed by atoms with Crippen molar-refractivity contribution in [3.8, 4) is 0 Å². The first-order valence-electron chi connectivity index (χ1n) is 29.8. The second-order valence-corrected chi connectivity index (χ2v) is 19.9. The van der Waals surface area contributed by atoms with Crippen molar-refractivity contribution < 1.29 is 28.6 Å². The van der Waals surface area contributed by atoms with Crippen LogP contribution >= 0.6 is 0 Å². The molecular formula is C63H112O6. The van der Waals surface area contributed by atoms with Gasteiger partial charge in [0.05, 0.1) is 0 Å². The predicted molar refractivity (Wildman–Crippen MR) is 298 cm³/mol. The van der Waals surface area contributed by atoms with Crippen LogP contribution in [0, 0.1) is 0 Å². The molecule has 400 valence electrons. The maximum atomic E-state index is 12.8. The van der Waals surface area contributed by atoms with Crippen LogP contribution in [-0.4, -0.2) is 37.2 Å². The fraction of sp³-hybridized carbons (Fsp3) is 0.794. The van der Waals surface area contributed by atoms with E-state index in [-0.39, 0.29) is 31.1 Å². The molecule has 0 aromatic carbocycles. The summed E-state index contributed by atoms with van der Waals surface area (Å²) in [5.41, 5.74) is 0. The summed E-state index contributed by atoms with van der Waals surface area (Å²) in [6.45, 7) is 6.46. The van der Waals surface area contributed by atoms with E-state index < -0.39 is 6.10 Å². The van der Waals surface area contributed by atoms with Gasteiger partial charge in [-0.1, -0.05) is 268 Å². The highest BCUT2D eigenvalue weighted by Crippen LogP contribution is 2.17. The second-order valence-electron chi connectivity index (χ2n) is 19.9. The molecule has 0 radical (unpaired) electrons. The molecule has 6 heteroatoms. The summed E-state index contributed by atoms with van der Waals surface area (Å²) < 4.78 is 16.8. The Labute approximate surface area is 428 Å². The first-order chi connectivity index (χ1) is 34.0. The Kier molecular flexibility index (Phi) is 55.3. The Bertz CT molecular complexity index is 1250. The van der Waals surface area contributed by atoms with Gasteiger partial charge in [-0.3, -0.25) is 14.4 Å². The molecule has 0 aromatic rings. The molecular weight excluding hydrogens is 853 g/mol. The SMILES string of the molecule is CC/C=C\C/C=C\C/C=C\CCCCCC(=O)OC(COC(=O)CCCCCCC/C=C\C/C=C\CCC)COC(=O)CCCCCCCCCCCCCCCCCCCCCCCCCCC. The normalized spacial score (nSPS) is 12.4. The maximum Gasteiger partial charge on any atom is 0.306 e. The van der Waals surface area contributed by atoms with Gasteiger partial charge < -0.3 is 14.2 Å². The smallest absolute Gasteiger partial charge is 0.306 e. The molecule has 0 aliphatic rings. The van der Waals surface area contributed by atoms with Crippen LogP contribution in [0.25, 0.3) is 0 Å². The quantitative estimate of drug-likeness (QED) is 0.0262. The molecule has 0 aliphatic carbocycles. The number of rotatable bonds is 54. The molecule has 0 heterocycles. The van der Waals surface area contributed by atoms with E-state index in [9.17, 15) is 14.4 Å². The van der Waals surface area contributed by atoms with Crippen molar-refractivity contribution in [2.75, 3.05) is 13.2 Å². The van der Waals surface area contributed by atoms with E-state index in [4.69, 9.17) is 14.2 Å². The second kappa shape index (κ2) is 57.7. The monoisotopic (exact) mass is 965 g/mol. The van der Waals surface area contributed by atoms with Crippen molar-refractivity contribution in [2.24, 2.45) is 0 Å². The molecule has 0 saturated heterocycles. The van der Waals surface area contributed by atoms with Crippen LogP contribution in [0.1, 0.15) is 303 Å². The highest BCUT2D eigenvalue weighted by atomic mass is 16.6. The largest absolute Gasteiger partial charge is 0.462 e. The van der Waals surface area contributed by atoms with Crippen molar-refractivity contribution in [3.05, 3.63) is 60.8 Å². The molecule has 0 fully saturated rings. The van der Waals surface area contributed by atoms with Crippen LogP contribution in [0.5, 0.6) is 0 Å². The lowest BCUT2D eigenvalue weighted by Gasteiger charge is -2.18. The third kappa shape index (κ3) is 55.9. The van der Waals surface area contributed by atoms with Crippen LogP contribution in [0.15, 0.2) is 60.8 Å². The first-order valence-corrected chi connectivity index (χ1v) is 29.8. The van der Waals surface area contributed by atoms with E-state index in [2.05, 4.69) is 81.5 Å². The molecule has 0 aliphatic heterocycles. The van der Waals surface area contributed by atoms with Crippen molar-refractivity contribution in [2.45, 2.75) is 309 Å². The number of hydrogen-bond acceptors (Lipinski definition) is 6. The number of carbonyl (C=O) groups is 3. The maximum absolute atomic E-state index is 12.8. The van der Waals surface area contributed by atoms with Crippen LogP contribution < -0.4 is 0 Å². The number of ether oxygens (including phenoxy) is 3. The molecule has 0 N–H and O–H groups in total. The highest BCUT2D eigenvalue weighted by molar-refractivity contribution is 5.71. The van der Waals surface area contributed by atoms with E-state index in [1.165, 1.54) is 148 Å². The van der Waals surface area contributed by atoms with Crippen LogP contribution in [-0.2, 0) is 28.6 Å². The number of esters is 3. The average Bonchev–Trinajstić information content (AvgIpc) is 3.35. The standard InChI is InChI=1S/C63H112O6/c1-4-7-10-13-16-19-22-25-26-27-28-29-30-31-32-33-34-35-36-39-41-44-47-50-53-56-62(65)68-59-60(69-63(66)57-54-51-48-45-42-38-24-21-18-15-12-9-6-3)58-67-61(64)55-52-49-46-43-40-37-23-20-17-14-11-8-5-2/h9,11-12,14,18,20-21,23,38,42,60H,4-8,10,13,15-17,19,22,24-37,39-41,43-59H2,1-3H3/b12-9-,14-11-,21-18-,23-20-,42-38-. The van der Waals surface area contributed by atoms with Crippen molar-refractivity contribution in [3.63, 3.8) is 0 Å². The molecule has 1 atom stereocenters. The Balaban J connectivity index is 4.23. The lowest BCUT2D eigenvalue weighted by molar-refractivity contribution is -0.167. The van der Waals surface area contributed by atoms with Crippen molar-refractivity contribution in [1.29, 1.82) is 0 Å². The third-order valence-corrected chi connectivity index (χ3v) is 13.0. The van der Waals surface area contributed by atoms with Gasteiger partial charge in [-0.05, 0) is 77.0 Å². The summed E-state index contributed by atoms with van der Waals surface area (Å²) in [4.78, 5) is 38.1. The Morgan fingerprint density at radius 3 is 0.957 bits per heavy atom. The van der Waals surface area contributed by atoms with Gasteiger partial charge in [-0.15, -0.1) is 0 Å². The highest BCUT2D eigenvalue weighted by Gasteiger charge is 2.19. The van der Waals surface area contributed by atoms with Crippen LogP contribution in [0.4, 0.5) is 0 Å². The summed E-state index contributed by atoms with van der Waals surface area (Å²) in [5.74, 6) is -0.922. The molecule has 0 aromatic heterocycles. The molecule has 0 bridgehead atoms. The summed E-state index contributed by atoms with van der Waals surface area (Å²) in [6.07, 6.45) is 72.4. The topological polar surface area (TPSA) is 78.9 Å². The Morgan fingerprint density at radius 1 is 0.304 bits per heavy atom. The van der Waals surface area contributed by atoms with Crippen LogP contribution in [0.2, 0.25) is 0 Å². The van der Waals surface area contributed by atoms with Crippen LogP contribution in [0.3, 0.4) is 0 Å². The first kappa shape index (κ1) is 66.1. The fourth-order valence-corrected chi connectivity index (χ4v) is 8.56. The minimum Gasteiger partial charge on any atom is -0.462 e. The summed E-state index contributed by atoms with van der Waals surface area (Å²) in [6, 6.07) is 0.